The minimum Gasteiger partial charge on any atom is -0.465 e. The lowest BCUT2D eigenvalue weighted by molar-refractivity contribution is 0.0592. The summed E-state index contributed by atoms with van der Waals surface area (Å²) in [5.74, 6) is -2.41. The number of pyridine rings is 1. The standard InChI is InChI=1S/C9H9F3N2O2/c1-16-9(15)6-5(2-13)14-3-4(7(6)10)8(11)12/h3,8H,2,13H2,1H3. The van der Waals surface area contributed by atoms with Gasteiger partial charge in [-0.25, -0.2) is 18.0 Å². The molecule has 0 radical (unpaired) electrons. The third-order valence-corrected chi connectivity index (χ3v) is 1.94. The average Bonchev–Trinajstić information content (AvgIpc) is 2.26. The first-order chi connectivity index (χ1) is 7.52. The van der Waals surface area contributed by atoms with Crippen molar-refractivity contribution in [3.8, 4) is 0 Å². The molecule has 1 aromatic rings. The highest BCUT2D eigenvalue weighted by Gasteiger charge is 2.24. The second-order valence-electron chi connectivity index (χ2n) is 2.85. The van der Waals surface area contributed by atoms with E-state index in [-0.39, 0.29) is 12.2 Å². The van der Waals surface area contributed by atoms with Gasteiger partial charge >= 0.3 is 5.97 Å². The normalized spacial score (nSPS) is 10.6. The van der Waals surface area contributed by atoms with E-state index >= 15 is 0 Å². The van der Waals surface area contributed by atoms with Crippen LogP contribution in [0.5, 0.6) is 0 Å². The van der Waals surface area contributed by atoms with Crippen LogP contribution in [0.3, 0.4) is 0 Å². The Morgan fingerprint density at radius 3 is 2.69 bits per heavy atom. The van der Waals surface area contributed by atoms with E-state index in [2.05, 4.69) is 9.72 Å². The Bertz CT molecular complexity index is 410. The lowest BCUT2D eigenvalue weighted by Crippen LogP contribution is -2.15. The number of halogens is 3. The van der Waals surface area contributed by atoms with Gasteiger partial charge in [0.2, 0.25) is 0 Å². The molecule has 0 saturated carbocycles. The molecule has 16 heavy (non-hydrogen) atoms. The fraction of sp³-hybridized carbons (Fsp3) is 0.333. The fourth-order valence-electron chi connectivity index (χ4n) is 1.16. The number of hydrogen-bond donors (Lipinski definition) is 1. The van der Waals surface area contributed by atoms with Gasteiger partial charge in [-0.05, 0) is 0 Å². The molecule has 7 heteroatoms. The number of nitrogens with zero attached hydrogens (tertiary/aromatic N) is 1. The second-order valence-corrected chi connectivity index (χ2v) is 2.85. The van der Waals surface area contributed by atoms with Crippen molar-refractivity contribution in [2.45, 2.75) is 13.0 Å². The highest BCUT2D eigenvalue weighted by Crippen LogP contribution is 2.25. The predicted molar refractivity (Wildman–Crippen MR) is 48.4 cm³/mol. The van der Waals surface area contributed by atoms with Gasteiger partial charge in [-0.15, -0.1) is 0 Å². The van der Waals surface area contributed by atoms with Crippen LogP contribution in [0.4, 0.5) is 13.2 Å². The molecule has 0 amide bonds. The lowest BCUT2D eigenvalue weighted by atomic mass is 10.1. The summed E-state index contributed by atoms with van der Waals surface area (Å²) in [5.41, 5.74) is 3.51. The molecule has 0 bridgehead atoms. The summed E-state index contributed by atoms with van der Waals surface area (Å²) in [4.78, 5) is 14.7. The zero-order chi connectivity index (χ0) is 12.3. The van der Waals surface area contributed by atoms with Gasteiger partial charge in [-0.1, -0.05) is 0 Å². The molecule has 4 nitrogen and oxygen atoms in total. The van der Waals surface area contributed by atoms with Crippen LogP contribution < -0.4 is 5.73 Å². The van der Waals surface area contributed by atoms with Crippen molar-refractivity contribution in [3.05, 3.63) is 28.8 Å². The van der Waals surface area contributed by atoms with Crippen molar-refractivity contribution in [2.24, 2.45) is 5.73 Å². The molecule has 1 heterocycles. The topological polar surface area (TPSA) is 65.2 Å². The summed E-state index contributed by atoms with van der Waals surface area (Å²) in [6, 6.07) is 0. The number of ether oxygens (including phenoxy) is 1. The summed E-state index contributed by atoms with van der Waals surface area (Å²) in [6.07, 6.45) is -2.39. The van der Waals surface area contributed by atoms with E-state index in [1.54, 1.807) is 0 Å². The summed E-state index contributed by atoms with van der Waals surface area (Å²) in [5, 5.41) is 0. The van der Waals surface area contributed by atoms with E-state index in [1.807, 2.05) is 0 Å². The van der Waals surface area contributed by atoms with Crippen LogP contribution in [0.1, 0.15) is 28.0 Å². The van der Waals surface area contributed by atoms with Gasteiger partial charge in [0.25, 0.3) is 6.43 Å². The Kier molecular flexibility index (Phi) is 3.83. The molecule has 0 atom stereocenters. The van der Waals surface area contributed by atoms with Gasteiger partial charge in [-0.2, -0.15) is 0 Å². The number of esters is 1. The van der Waals surface area contributed by atoms with Gasteiger partial charge in [0, 0.05) is 12.7 Å². The van der Waals surface area contributed by atoms with E-state index < -0.39 is 29.3 Å². The monoisotopic (exact) mass is 234 g/mol. The van der Waals surface area contributed by atoms with Crippen LogP contribution in [0, 0.1) is 5.82 Å². The molecule has 0 spiro atoms. The number of hydrogen-bond acceptors (Lipinski definition) is 4. The molecule has 2 N–H and O–H groups in total. The maximum Gasteiger partial charge on any atom is 0.342 e. The number of aromatic nitrogens is 1. The van der Waals surface area contributed by atoms with Crippen LogP contribution in [-0.4, -0.2) is 18.1 Å². The number of rotatable bonds is 3. The number of carbonyl (C=O) groups is 1. The van der Waals surface area contributed by atoms with Crippen molar-refractivity contribution in [2.75, 3.05) is 7.11 Å². The minimum atomic E-state index is -3.05. The molecule has 0 saturated heterocycles. The van der Waals surface area contributed by atoms with Crippen molar-refractivity contribution < 1.29 is 22.7 Å². The first-order valence-corrected chi connectivity index (χ1v) is 4.26. The molecule has 88 valence electrons. The molecule has 0 aliphatic rings. The Morgan fingerprint density at radius 1 is 1.62 bits per heavy atom. The van der Waals surface area contributed by atoms with Gasteiger partial charge in [0.1, 0.15) is 11.4 Å². The van der Waals surface area contributed by atoms with Gasteiger partial charge in [-0.3, -0.25) is 4.98 Å². The third-order valence-electron chi connectivity index (χ3n) is 1.94. The van der Waals surface area contributed by atoms with E-state index in [1.165, 1.54) is 0 Å². The van der Waals surface area contributed by atoms with E-state index in [0.29, 0.717) is 6.20 Å². The van der Waals surface area contributed by atoms with Crippen molar-refractivity contribution in [3.63, 3.8) is 0 Å². The maximum atomic E-state index is 13.5. The molecule has 0 aliphatic carbocycles. The van der Waals surface area contributed by atoms with Gasteiger partial charge < -0.3 is 10.5 Å². The van der Waals surface area contributed by atoms with Gasteiger partial charge in [0.05, 0.1) is 18.4 Å². The predicted octanol–water partition coefficient (Wildman–Crippen LogP) is 1.40. The first kappa shape index (κ1) is 12.4. The minimum absolute atomic E-state index is 0.117. The molecular weight excluding hydrogens is 225 g/mol. The van der Waals surface area contributed by atoms with E-state index in [9.17, 15) is 18.0 Å². The number of carbonyl (C=O) groups excluding carboxylic acids is 1. The number of nitrogens with two attached hydrogens (primary N) is 1. The number of methoxy groups -OCH3 is 1. The first-order valence-electron chi connectivity index (χ1n) is 4.26. The average molecular weight is 234 g/mol. The molecule has 0 aromatic carbocycles. The zero-order valence-corrected chi connectivity index (χ0v) is 8.34. The maximum absolute atomic E-state index is 13.5. The molecule has 0 unspecified atom stereocenters. The summed E-state index contributed by atoms with van der Waals surface area (Å²) < 4.78 is 42.5. The Morgan fingerprint density at radius 2 is 2.25 bits per heavy atom. The van der Waals surface area contributed by atoms with Crippen LogP contribution in [-0.2, 0) is 11.3 Å². The Balaban J connectivity index is 3.40. The van der Waals surface area contributed by atoms with Crippen LogP contribution in [0.25, 0.3) is 0 Å². The Hall–Kier alpha value is -1.63. The van der Waals surface area contributed by atoms with Crippen molar-refractivity contribution in [1.82, 2.24) is 4.98 Å². The highest BCUT2D eigenvalue weighted by atomic mass is 19.3. The highest BCUT2D eigenvalue weighted by molar-refractivity contribution is 5.91. The SMILES string of the molecule is COC(=O)c1c(CN)ncc(C(F)F)c1F. The van der Waals surface area contributed by atoms with Gasteiger partial charge in [0.15, 0.2) is 0 Å². The molecular formula is C9H9F3N2O2. The third kappa shape index (κ3) is 2.13. The van der Waals surface area contributed by atoms with Crippen molar-refractivity contribution in [1.29, 1.82) is 0 Å². The summed E-state index contributed by atoms with van der Waals surface area (Å²) in [7, 11) is 1.01. The Labute approximate surface area is 89.2 Å². The second kappa shape index (κ2) is 4.93. The molecule has 0 fully saturated rings. The fourth-order valence-corrected chi connectivity index (χ4v) is 1.16. The quantitative estimate of drug-likeness (QED) is 0.803. The lowest BCUT2D eigenvalue weighted by Gasteiger charge is -2.09. The summed E-state index contributed by atoms with van der Waals surface area (Å²) >= 11 is 0. The largest absolute Gasteiger partial charge is 0.465 e. The zero-order valence-electron chi connectivity index (χ0n) is 8.34. The molecule has 1 rings (SSSR count). The number of alkyl halides is 2. The summed E-state index contributed by atoms with van der Waals surface area (Å²) in [6.45, 7) is -0.245. The smallest absolute Gasteiger partial charge is 0.342 e. The van der Waals surface area contributed by atoms with Crippen LogP contribution >= 0.6 is 0 Å². The molecule has 1 aromatic heterocycles. The van der Waals surface area contributed by atoms with E-state index in [4.69, 9.17) is 5.73 Å². The van der Waals surface area contributed by atoms with E-state index in [0.717, 1.165) is 7.11 Å². The van der Waals surface area contributed by atoms with Crippen LogP contribution in [0.2, 0.25) is 0 Å². The molecule has 0 aliphatic heterocycles. The van der Waals surface area contributed by atoms with Crippen LogP contribution in [0.15, 0.2) is 6.20 Å². The van der Waals surface area contributed by atoms with Crippen molar-refractivity contribution >= 4 is 5.97 Å².